The van der Waals surface area contributed by atoms with Gasteiger partial charge in [-0.1, -0.05) is 48.0 Å². The zero-order chi connectivity index (χ0) is 18.5. The fourth-order valence-corrected chi connectivity index (χ4v) is 2.86. The van der Waals surface area contributed by atoms with E-state index in [4.69, 9.17) is 0 Å². The molecule has 0 aliphatic heterocycles. The minimum absolute atomic E-state index is 0.330. The lowest BCUT2D eigenvalue weighted by Gasteiger charge is -2.28. The number of hydrogen-bond acceptors (Lipinski definition) is 4. The maximum absolute atomic E-state index is 4.68. The first kappa shape index (κ1) is 17.9. The average Bonchev–Trinajstić information content (AvgIpc) is 2.62. The molecule has 134 valence electrons. The highest BCUT2D eigenvalue weighted by Crippen LogP contribution is 2.23. The second-order valence-electron chi connectivity index (χ2n) is 6.86. The summed E-state index contributed by atoms with van der Waals surface area (Å²) in [6, 6.07) is 21.2. The van der Waals surface area contributed by atoms with E-state index in [1.807, 2.05) is 19.1 Å². The van der Waals surface area contributed by atoms with E-state index in [-0.39, 0.29) is 0 Å². The summed E-state index contributed by atoms with van der Waals surface area (Å²) in [4.78, 5) is 11.5. The van der Waals surface area contributed by atoms with Crippen molar-refractivity contribution >= 4 is 17.3 Å². The van der Waals surface area contributed by atoms with Gasteiger partial charge in [0, 0.05) is 24.3 Å². The first-order valence-corrected chi connectivity index (χ1v) is 9.01. The van der Waals surface area contributed by atoms with Crippen LogP contribution >= 0.6 is 0 Å². The first-order valence-electron chi connectivity index (χ1n) is 9.01. The Morgan fingerprint density at radius 2 is 1.62 bits per heavy atom. The molecule has 0 unspecified atom stereocenters. The van der Waals surface area contributed by atoms with Crippen molar-refractivity contribution in [2.75, 3.05) is 10.2 Å². The van der Waals surface area contributed by atoms with Crippen molar-refractivity contribution in [3.8, 4) is 0 Å². The monoisotopic (exact) mass is 346 g/mol. The Morgan fingerprint density at radius 1 is 0.923 bits per heavy atom. The fourth-order valence-electron chi connectivity index (χ4n) is 2.86. The molecule has 1 heterocycles. The number of nitrogens with one attached hydrogen (secondary N) is 1. The predicted octanol–water partition coefficient (Wildman–Crippen LogP) is 5.25. The summed E-state index contributed by atoms with van der Waals surface area (Å²) in [6.07, 6.45) is 0. The second kappa shape index (κ2) is 8.00. The number of aromatic nitrogens is 2. The van der Waals surface area contributed by atoms with Crippen LogP contribution in [-0.2, 0) is 6.54 Å². The lowest BCUT2D eigenvalue weighted by atomic mass is 10.2. The van der Waals surface area contributed by atoms with Crippen molar-refractivity contribution in [2.24, 2.45) is 0 Å². The smallest absolute Gasteiger partial charge is 0.136 e. The molecule has 4 heteroatoms. The van der Waals surface area contributed by atoms with Crippen molar-refractivity contribution in [1.29, 1.82) is 0 Å². The van der Waals surface area contributed by atoms with Crippen LogP contribution in [0.15, 0.2) is 60.7 Å². The Bertz CT molecular complexity index is 842. The highest BCUT2D eigenvalue weighted by molar-refractivity contribution is 5.60. The SMILES string of the molecule is Cc1ccc(Nc2cc(N(Cc3ccccc3)C(C)C)nc(C)n2)cc1. The van der Waals surface area contributed by atoms with Gasteiger partial charge in [-0.25, -0.2) is 9.97 Å². The van der Waals surface area contributed by atoms with Crippen LogP contribution in [0, 0.1) is 13.8 Å². The van der Waals surface area contributed by atoms with Crippen LogP contribution in [-0.4, -0.2) is 16.0 Å². The van der Waals surface area contributed by atoms with E-state index in [9.17, 15) is 0 Å². The molecule has 1 aromatic heterocycles. The van der Waals surface area contributed by atoms with Crippen LogP contribution in [0.2, 0.25) is 0 Å². The molecule has 0 spiro atoms. The van der Waals surface area contributed by atoms with Gasteiger partial charge >= 0.3 is 0 Å². The van der Waals surface area contributed by atoms with Crippen LogP contribution < -0.4 is 10.2 Å². The van der Waals surface area contributed by atoms with Gasteiger partial charge in [0.1, 0.15) is 17.5 Å². The molecule has 2 aromatic carbocycles. The van der Waals surface area contributed by atoms with E-state index in [0.29, 0.717) is 6.04 Å². The minimum atomic E-state index is 0.330. The van der Waals surface area contributed by atoms with Crippen molar-refractivity contribution < 1.29 is 0 Å². The third-order valence-corrected chi connectivity index (χ3v) is 4.26. The van der Waals surface area contributed by atoms with Crippen LogP contribution in [0.25, 0.3) is 0 Å². The minimum Gasteiger partial charge on any atom is -0.350 e. The van der Waals surface area contributed by atoms with E-state index in [2.05, 4.69) is 89.5 Å². The summed E-state index contributed by atoms with van der Waals surface area (Å²) in [5, 5.41) is 3.39. The summed E-state index contributed by atoms with van der Waals surface area (Å²) < 4.78 is 0. The van der Waals surface area contributed by atoms with Crippen LogP contribution in [0.3, 0.4) is 0 Å². The first-order chi connectivity index (χ1) is 12.5. The standard InChI is InChI=1S/C22H26N4/c1-16(2)26(15-19-8-6-5-7-9-19)22-14-21(23-18(4)24-22)25-20-12-10-17(3)11-13-20/h5-14,16H,15H2,1-4H3,(H,23,24,25). The topological polar surface area (TPSA) is 41.0 Å². The number of hydrogen-bond donors (Lipinski definition) is 1. The number of aryl methyl sites for hydroxylation is 2. The summed E-state index contributed by atoms with van der Waals surface area (Å²) in [6.45, 7) is 9.21. The van der Waals surface area contributed by atoms with Gasteiger partial charge < -0.3 is 10.2 Å². The second-order valence-corrected chi connectivity index (χ2v) is 6.86. The summed E-state index contributed by atoms with van der Waals surface area (Å²) in [5.74, 6) is 2.51. The molecule has 3 rings (SSSR count). The van der Waals surface area contributed by atoms with Gasteiger partial charge in [0.15, 0.2) is 0 Å². The quantitative estimate of drug-likeness (QED) is 0.661. The Labute approximate surface area is 155 Å². The predicted molar refractivity (Wildman–Crippen MR) is 109 cm³/mol. The summed E-state index contributed by atoms with van der Waals surface area (Å²) in [7, 11) is 0. The van der Waals surface area contributed by atoms with Crippen LogP contribution in [0.1, 0.15) is 30.8 Å². The van der Waals surface area contributed by atoms with Crippen molar-refractivity contribution in [1.82, 2.24) is 9.97 Å². The Balaban J connectivity index is 1.87. The van der Waals surface area contributed by atoms with Crippen molar-refractivity contribution in [2.45, 2.75) is 40.3 Å². The average molecular weight is 346 g/mol. The molecular formula is C22H26N4. The largest absolute Gasteiger partial charge is 0.350 e. The van der Waals surface area contributed by atoms with E-state index < -0.39 is 0 Å². The van der Waals surface area contributed by atoms with Gasteiger partial charge in [-0.05, 0) is 45.4 Å². The lowest BCUT2D eigenvalue weighted by molar-refractivity contribution is 0.670. The molecule has 0 atom stereocenters. The molecule has 3 aromatic rings. The van der Waals surface area contributed by atoms with E-state index in [0.717, 1.165) is 29.7 Å². The van der Waals surface area contributed by atoms with Crippen LogP contribution in [0.4, 0.5) is 17.3 Å². The number of anilines is 3. The van der Waals surface area contributed by atoms with Gasteiger partial charge in [-0.15, -0.1) is 0 Å². The van der Waals surface area contributed by atoms with Gasteiger partial charge in [0.25, 0.3) is 0 Å². The molecule has 0 amide bonds. The Kier molecular flexibility index (Phi) is 5.52. The molecule has 0 aliphatic carbocycles. The third kappa shape index (κ3) is 4.60. The van der Waals surface area contributed by atoms with Gasteiger partial charge in [0.2, 0.25) is 0 Å². The molecule has 0 saturated carbocycles. The summed E-state index contributed by atoms with van der Waals surface area (Å²) in [5.41, 5.74) is 3.54. The van der Waals surface area contributed by atoms with Crippen molar-refractivity contribution in [3.05, 3.63) is 77.6 Å². The molecule has 1 N–H and O–H groups in total. The maximum atomic E-state index is 4.68. The molecule has 0 fully saturated rings. The van der Waals surface area contributed by atoms with E-state index >= 15 is 0 Å². The normalized spacial score (nSPS) is 10.8. The summed E-state index contributed by atoms with van der Waals surface area (Å²) >= 11 is 0. The Morgan fingerprint density at radius 3 is 2.27 bits per heavy atom. The fraction of sp³-hybridized carbons (Fsp3) is 0.273. The van der Waals surface area contributed by atoms with Gasteiger partial charge in [-0.3, -0.25) is 0 Å². The van der Waals surface area contributed by atoms with E-state index in [1.165, 1.54) is 11.1 Å². The number of rotatable bonds is 6. The molecule has 0 saturated heterocycles. The zero-order valence-electron chi connectivity index (χ0n) is 15.9. The molecular weight excluding hydrogens is 320 g/mol. The number of nitrogens with zero attached hydrogens (tertiary/aromatic N) is 3. The molecule has 26 heavy (non-hydrogen) atoms. The van der Waals surface area contributed by atoms with Crippen LogP contribution in [0.5, 0.6) is 0 Å². The number of benzene rings is 2. The Hall–Kier alpha value is -2.88. The van der Waals surface area contributed by atoms with Crippen molar-refractivity contribution in [3.63, 3.8) is 0 Å². The highest BCUT2D eigenvalue weighted by atomic mass is 15.2. The molecule has 0 bridgehead atoms. The molecule has 4 nitrogen and oxygen atoms in total. The molecule has 0 radical (unpaired) electrons. The maximum Gasteiger partial charge on any atom is 0.136 e. The van der Waals surface area contributed by atoms with Gasteiger partial charge in [-0.2, -0.15) is 0 Å². The van der Waals surface area contributed by atoms with Gasteiger partial charge in [0.05, 0.1) is 0 Å². The lowest BCUT2D eigenvalue weighted by Crippen LogP contribution is -2.31. The zero-order valence-corrected chi connectivity index (χ0v) is 15.9. The highest BCUT2D eigenvalue weighted by Gasteiger charge is 2.15. The third-order valence-electron chi connectivity index (χ3n) is 4.26. The molecule has 0 aliphatic rings. The van der Waals surface area contributed by atoms with E-state index in [1.54, 1.807) is 0 Å².